The summed E-state index contributed by atoms with van der Waals surface area (Å²) in [7, 11) is 0. The molecule has 0 radical (unpaired) electrons. The van der Waals surface area contributed by atoms with E-state index in [2.05, 4.69) is 136 Å². The molecule has 0 aromatic heterocycles. The van der Waals surface area contributed by atoms with E-state index in [1.165, 1.54) is 6.07 Å². The zero-order chi connectivity index (χ0) is 16.3. The second-order valence-corrected chi connectivity index (χ2v) is 27.2. The Balaban J connectivity index is 2.89. The zero-order valence-electron chi connectivity index (χ0n) is 10.1. The first kappa shape index (κ1) is 21.7. The molecular formula is C11H8I6O4. The monoisotopic (exact) mass is 965 g/mol. The lowest BCUT2D eigenvalue weighted by molar-refractivity contribution is 0.0692. The Morgan fingerprint density at radius 1 is 1.00 bits per heavy atom. The molecule has 1 rings (SSSR count). The molecule has 0 fully saturated rings. The van der Waals surface area contributed by atoms with Gasteiger partial charge >= 0.3 is 5.97 Å². The first-order chi connectivity index (χ1) is 9.48. The number of ether oxygens (including phenoxy) is 2. The molecular weight excluding hydrogens is 958 g/mol. The highest BCUT2D eigenvalue weighted by Gasteiger charge is 2.22. The van der Waals surface area contributed by atoms with Crippen LogP contribution in [-0.4, -0.2) is 23.2 Å². The first-order valence-corrected chi connectivity index (χ1v) is 11.7. The molecule has 0 spiro atoms. The maximum absolute atomic E-state index is 11.4. The zero-order valence-corrected chi connectivity index (χ0v) is 23.0. The second kappa shape index (κ2) is 9.39. The van der Waals surface area contributed by atoms with Crippen LogP contribution in [0.3, 0.4) is 0 Å². The van der Waals surface area contributed by atoms with Gasteiger partial charge in [0.05, 0.1) is 0 Å². The third kappa shape index (κ3) is 9.66. The molecule has 21 heavy (non-hydrogen) atoms. The minimum absolute atomic E-state index is 0.0743. The summed E-state index contributed by atoms with van der Waals surface area (Å²) in [4.78, 5) is 11.4. The highest BCUT2D eigenvalue weighted by atomic mass is 127. The van der Waals surface area contributed by atoms with Gasteiger partial charge in [0.25, 0.3) is 0 Å². The van der Waals surface area contributed by atoms with Gasteiger partial charge in [-0.15, -0.1) is 0 Å². The number of hydrogen-bond donors (Lipinski definition) is 1. The van der Waals surface area contributed by atoms with Gasteiger partial charge in [-0.05, 0) is 18.2 Å². The highest BCUT2D eigenvalue weighted by molar-refractivity contribution is 14.3. The molecule has 0 atom stereocenters. The Morgan fingerprint density at radius 2 is 1.52 bits per heavy atom. The minimum Gasteiger partial charge on any atom is -0.491 e. The molecule has 1 aromatic rings. The number of hydrogen-bond acceptors (Lipinski definition) is 3. The number of benzene rings is 1. The third-order valence-electron chi connectivity index (χ3n) is 1.98. The first-order valence-electron chi connectivity index (χ1n) is 5.24. The maximum Gasteiger partial charge on any atom is 0.339 e. The van der Waals surface area contributed by atoms with Crippen molar-refractivity contribution in [2.75, 3.05) is 13.2 Å². The van der Waals surface area contributed by atoms with Crippen LogP contribution in [0.15, 0.2) is 18.2 Å². The number of halogens is 6. The summed E-state index contributed by atoms with van der Waals surface area (Å²) < 4.78 is 11.0. The van der Waals surface area contributed by atoms with Crippen LogP contribution in [0.2, 0.25) is 0 Å². The van der Waals surface area contributed by atoms with Gasteiger partial charge in [-0.1, -0.05) is 136 Å². The van der Waals surface area contributed by atoms with Gasteiger partial charge in [-0.2, -0.15) is 0 Å². The Kier molecular flexibility index (Phi) is 9.71. The van der Waals surface area contributed by atoms with E-state index in [9.17, 15) is 9.90 Å². The second-order valence-electron chi connectivity index (χ2n) is 3.77. The average Bonchev–Trinajstić information content (AvgIpc) is 2.32. The average molecular weight is 966 g/mol. The third-order valence-corrected chi connectivity index (χ3v) is 3.84. The van der Waals surface area contributed by atoms with Crippen LogP contribution in [0.1, 0.15) is 10.4 Å². The van der Waals surface area contributed by atoms with Crippen molar-refractivity contribution in [2.24, 2.45) is 0 Å². The van der Waals surface area contributed by atoms with Crippen molar-refractivity contribution in [3.63, 3.8) is 0 Å². The Morgan fingerprint density at radius 3 is 2.00 bits per heavy atom. The van der Waals surface area contributed by atoms with Gasteiger partial charge < -0.3 is 14.6 Å². The van der Waals surface area contributed by atoms with Crippen molar-refractivity contribution >= 4 is 142 Å². The van der Waals surface area contributed by atoms with Crippen LogP contribution in [0.5, 0.6) is 11.5 Å². The number of carbonyl (C=O) groups is 1. The molecule has 0 saturated heterocycles. The molecule has 0 aliphatic rings. The van der Waals surface area contributed by atoms with E-state index in [1.54, 1.807) is 12.1 Å². The van der Waals surface area contributed by atoms with E-state index in [0.29, 0.717) is 24.7 Å². The van der Waals surface area contributed by atoms with Gasteiger partial charge in [0.2, 0.25) is 0 Å². The molecule has 1 aromatic carbocycles. The fraction of sp³-hybridized carbons (Fsp3) is 0.364. The van der Waals surface area contributed by atoms with Gasteiger partial charge in [0.15, 0.2) is -1.13 Å². The molecule has 1 N–H and O–H groups in total. The molecule has 0 amide bonds. The number of aromatic carboxylic acids is 1. The van der Waals surface area contributed by atoms with Crippen LogP contribution in [0.4, 0.5) is 0 Å². The van der Waals surface area contributed by atoms with Crippen LogP contribution in [0, 0.1) is 0 Å². The summed E-state index contributed by atoms with van der Waals surface area (Å²) in [5.74, 6) is -0.145. The van der Waals surface area contributed by atoms with E-state index in [0.717, 1.165) is 0 Å². The number of carboxylic acids is 1. The molecule has 118 valence electrons. The Hall–Kier alpha value is 2.67. The molecule has 0 saturated carbocycles. The smallest absolute Gasteiger partial charge is 0.339 e. The minimum atomic E-state index is -1.03. The number of rotatable bonds is 7. The number of carboxylic acid groups (broad SMARTS) is 1. The predicted molar refractivity (Wildman–Crippen MR) is 134 cm³/mol. The van der Waals surface area contributed by atoms with Crippen LogP contribution < -0.4 is 9.47 Å². The van der Waals surface area contributed by atoms with Crippen molar-refractivity contribution < 1.29 is 19.4 Å². The van der Waals surface area contributed by atoms with Gasteiger partial charge in [0.1, 0.15) is 30.3 Å². The van der Waals surface area contributed by atoms with E-state index >= 15 is 0 Å². The lowest BCUT2D eigenvalue weighted by atomic mass is 10.2. The topological polar surface area (TPSA) is 55.8 Å². The molecule has 0 unspecified atom stereocenters. The lowest BCUT2D eigenvalue weighted by Crippen LogP contribution is -2.16. The van der Waals surface area contributed by atoms with Crippen molar-refractivity contribution in [2.45, 2.75) is -1.13 Å². The van der Waals surface area contributed by atoms with Crippen LogP contribution in [-0.2, 0) is 0 Å². The summed E-state index contributed by atoms with van der Waals surface area (Å²) in [5, 5.41) is 9.30. The quantitative estimate of drug-likeness (QED) is 0.267. The van der Waals surface area contributed by atoms with E-state index < -0.39 is 5.97 Å². The Labute approximate surface area is 204 Å². The molecule has 0 heterocycles. The van der Waals surface area contributed by atoms with Crippen molar-refractivity contribution in [3.05, 3.63) is 23.8 Å². The Bertz CT molecular complexity index is 508. The summed E-state index contributed by atoms with van der Waals surface area (Å²) in [5.41, 5.74) is 0.113. The molecule has 4 nitrogen and oxygen atoms in total. The van der Waals surface area contributed by atoms with Gasteiger partial charge in [-0.25, -0.2) is 4.79 Å². The summed E-state index contributed by atoms with van der Waals surface area (Å²) in [6, 6.07) is 4.87. The van der Waals surface area contributed by atoms with Gasteiger partial charge in [0, 0.05) is 0 Å². The fourth-order valence-corrected chi connectivity index (χ4v) is 2.15. The SMILES string of the molecule is O=C(O)c1cc(OCC(I)(I)I)ccc1OCC(I)(I)I. The molecule has 0 aliphatic heterocycles. The van der Waals surface area contributed by atoms with E-state index in [-0.39, 0.29) is 4.43 Å². The summed E-state index contributed by atoms with van der Waals surface area (Å²) in [6.07, 6.45) is 0. The largest absolute Gasteiger partial charge is 0.491 e. The van der Waals surface area contributed by atoms with E-state index in [4.69, 9.17) is 9.47 Å². The standard InChI is InChI=1S/C11H8I6O4/c12-10(13,14)4-20-6-1-2-8(7(3-6)9(18)19)21-5-11(15,16)17/h1-3H,4-5H2,(H,18,19). The predicted octanol–water partition coefficient (Wildman–Crippen LogP) is 6.06. The lowest BCUT2D eigenvalue weighted by Gasteiger charge is -2.17. The van der Waals surface area contributed by atoms with Crippen molar-refractivity contribution in [3.8, 4) is 11.5 Å². The summed E-state index contributed by atoms with van der Waals surface area (Å²) in [6.45, 7) is 0.889. The molecule has 0 aliphatic carbocycles. The summed E-state index contributed by atoms with van der Waals surface area (Å²) >= 11 is 13.5. The van der Waals surface area contributed by atoms with Crippen molar-refractivity contribution in [1.82, 2.24) is 0 Å². The maximum atomic E-state index is 11.4. The molecule has 10 heteroatoms. The van der Waals surface area contributed by atoms with Crippen molar-refractivity contribution in [1.29, 1.82) is 0 Å². The van der Waals surface area contributed by atoms with Crippen LogP contribution >= 0.6 is 136 Å². The molecule has 0 bridgehead atoms. The fourth-order valence-electron chi connectivity index (χ4n) is 1.22. The van der Waals surface area contributed by atoms with Crippen LogP contribution in [0.25, 0.3) is 0 Å². The number of alkyl halides is 6. The van der Waals surface area contributed by atoms with Gasteiger partial charge in [-0.3, -0.25) is 0 Å². The normalized spacial score (nSPS) is 12.1. The highest BCUT2D eigenvalue weighted by Crippen LogP contribution is 2.38. The van der Waals surface area contributed by atoms with E-state index in [1.807, 2.05) is 0 Å².